The number of hydrogen-bond acceptors (Lipinski definition) is 30. The first-order valence-corrected chi connectivity index (χ1v) is 50.3. The SMILES string of the molecule is C=COC(=O)OCCCC[SiH](CCCCOC(=O)OC=C)O[SiH2]O[SiH2]O[SiH2]O[SiH2]O[SiH2]O[SiH2]O[SiH2]O[SiH2]O[SiH2]O[SiH2]O[SiH2]O[SiH2]O[SiH2]O[SiH2]O[SiH2]O[SiH2]O[SiH2]O[SiH2]O[SiH2]O[SiH2]O[SiH2]O[SiH2]O[SiH2]O[SiH3]. The largest absolute Gasteiger partial charge is 0.513 e. The van der Waals surface area contributed by atoms with Crippen molar-refractivity contribution in [3.05, 3.63) is 25.7 Å². The molecule has 0 aliphatic carbocycles. The molecule has 0 amide bonds. The van der Waals surface area contributed by atoms with E-state index < -0.39 is 252 Å². The molecule has 0 saturated carbocycles. The number of rotatable bonds is 59. The van der Waals surface area contributed by atoms with Crippen molar-refractivity contribution in [2.45, 2.75) is 37.8 Å². The van der Waals surface area contributed by atoms with Crippen LogP contribution in [0.1, 0.15) is 25.7 Å². The fraction of sp³-hybridized carbons (Fsp3) is 0.571. The lowest BCUT2D eigenvalue weighted by molar-refractivity contribution is 0.0829. The van der Waals surface area contributed by atoms with Crippen molar-refractivity contribution in [3.8, 4) is 0 Å². The van der Waals surface area contributed by atoms with Gasteiger partial charge >= 0.3 is 12.3 Å². The van der Waals surface area contributed by atoms with Crippen LogP contribution in [0, 0.1) is 0 Å². The van der Waals surface area contributed by atoms with E-state index in [2.05, 4.69) is 22.6 Å². The lowest BCUT2D eigenvalue weighted by Gasteiger charge is -2.17. The second-order valence-corrected chi connectivity index (χ2v) is 59.4. The van der Waals surface area contributed by atoms with Crippen molar-refractivity contribution in [3.63, 3.8) is 0 Å². The molecule has 0 aliphatic rings. The van der Waals surface area contributed by atoms with Crippen LogP contribution in [0.25, 0.3) is 0 Å². The number of unbranched alkanes of at least 4 members (excludes halogenated alkanes) is 2. The molecule has 0 bridgehead atoms. The molecular formula is C14H72O30Si25. The Hall–Kier alpha value is 2.48. The van der Waals surface area contributed by atoms with Gasteiger partial charge in [0.05, 0.1) is 25.7 Å². The van der Waals surface area contributed by atoms with E-state index in [1.165, 1.54) is 0 Å². The highest BCUT2D eigenvalue weighted by molar-refractivity contribution is 6.59. The fourth-order valence-corrected chi connectivity index (χ4v) is 49.4. The summed E-state index contributed by atoms with van der Waals surface area (Å²) in [5.74, 6) is 0. The second-order valence-electron chi connectivity index (χ2n) is 12.0. The molecule has 0 fully saturated rings. The summed E-state index contributed by atoms with van der Waals surface area (Å²) in [6, 6.07) is 1.80. The molecule has 0 N–H and O–H groups in total. The minimum absolute atomic E-state index is 0.258. The summed E-state index contributed by atoms with van der Waals surface area (Å²) in [6.07, 6.45) is 3.59. The summed E-state index contributed by atoms with van der Waals surface area (Å²) in [4.78, 5) is 22.6. The first-order valence-electron chi connectivity index (χ1n) is 20.8. The van der Waals surface area contributed by atoms with Crippen molar-refractivity contribution in [1.29, 1.82) is 0 Å². The van der Waals surface area contributed by atoms with E-state index in [1.807, 2.05) is 0 Å². The number of ether oxygens (including phenoxy) is 4. The van der Waals surface area contributed by atoms with Crippen LogP contribution in [-0.4, -0.2) is 275 Å². The molecule has 0 heterocycles. The van der Waals surface area contributed by atoms with Gasteiger partial charge in [-0.1, -0.05) is 26.0 Å². The monoisotopic (exact) mass is 1420 g/mol. The molecule has 0 aromatic heterocycles. The van der Waals surface area contributed by atoms with E-state index in [9.17, 15) is 9.59 Å². The minimum Gasteiger partial charge on any atom is -0.449 e. The third-order valence-corrected chi connectivity index (χ3v) is 41.5. The molecule has 0 unspecified atom stereocenters. The van der Waals surface area contributed by atoms with Crippen LogP contribution in [0.15, 0.2) is 25.7 Å². The maximum Gasteiger partial charge on any atom is 0.513 e. The third-order valence-electron chi connectivity index (χ3n) is 6.73. The van der Waals surface area contributed by atoms with Gasteiger partial charge in [0.2, 0.25) is 0 Å². The fourth-order valence-electron chi connectivity index (χ4n) is 3.99. The highest BCUT2D eigenvalue weighted by atomic mass is 28.4. The van der Waals surface area contributed by atoms with Crippen LogP contribution in [0.4, 0.5) is 9.59 Å². The zero-order chi connectivity index (χ0) is 49.9. The molecule has 0 spiro atoms. The zero-order valence-electron chi connectivity index (χ0n) is 39.3. The number of carbonyl (C=O) groups excluding carboxylic acids is 2. The number of hydrogen-bond donors (Lipinski definition) is 0. The van der Waals surface area contributed by atoms with Crippen LogP contribution in [-0.2, 0) is 118 Å². The van der Waals surface area contributed by atoms with E-state index in [-0.39, 0.29) is 13.2 Å². The molecule has 0 atom stereocenters. The van der Waals surface area contributed by atoms with E-state index >= 15 is 0 Å². The van der Waals surface area contributed by atoms with Gasteiger partial charge < -0.3 is 118 Å². The van der Waals surface area contributed by atoms with Crippen LogP contribution in [0.5, 0.6) is 0 Å². The summed E-state index contributed by atoms with van der Waals surface area (Å²) in [5.41, 5.74) is 0. The standard InChI is InChI=1S/C14H72O30Si25/c1-3-17-13(15)19-9-5-7-11-69(12-8-6-10-20-14(16)18-4-2)44-68-43-67-42-66-41-65-40-64-39-63-38-62-37-61-36-60-35-59-34-58-33-57-32-56-31-55-30-54-29-53-28-52-27-51-26-50-25-49-24-48-23-47-22-46-21-45/h3-4,69H,1-2,5-12,46-68H2,45H3. The summed E-state index contributed by atoms with van der Waals surface area (Å²) in [6.45, 7) is 7.15. The lowest BCUT2D eigenvalue weighted by atomic mass is 10.3. The molecule has 69 heavy (non-hydrogen) atoms. The Kier molecular flexibility index (Phi) is 67.1. The topological polar surface area (TPSA) is 293 Å². The van der Waals surface area contributed by atoms with Gasteiger partial charge in [-0.15, -0.1) is 0 Å². The van der Waals surface area contributed by atoms with Crippen molar-refractivity contribution in [2.24, 2.45) is 0 Å². The molecule has 408 valence electrons. The first-order chi connectivity index (χ1) is 34.1. The molecule has 0 aliphatic heterocycles. The smallest absolute Gasteiger partial charge is 0.449 e. The molecule has 0 radical (unpaired) electrons. The summed E-state index contributed by atoms with van der Waals surface area (Å²) in [5, 5.41) is 0. The van der Waals surface area contributed by atoms with Crippen LogP contribution in [0.2, 0.25) is 12.1 Å². The summed E-state index contributed by atoms with van der Waals surface area (Å²) < 4.78 is 152. The predicted octanol–water partition coefficient (Wildman–Crippen LogP) is -20.5. The first kappa shape index (κ1) is 71.5. The molecule has 0 rings (SSSR count). The van der Waals surface area contributed by atoms with Crippen molar-refractivity contribution >= 4 is 262 Å². The molecular weight excluding hydrogens is 1350 g/mol. The van der Waals surface area contributed by atoms with Gasteiger partial charge in [-0.25, -0.2) is 9.59 Å². The second kappa shape index (κ2) is 64.8. The quantitative estimate of drug-likeness (QED) is 0.0236. The normalized spacial score (nSPS) is 15.4. The molecule has 0 saturated heterocycles. The maximum absolute atomic E-state index is 11.3. The highest BCUT2D eigenvalue weighted by Crippen LogP contribution is 2.12. The molecule has 30 nitrogen and oxygen atoms in total. The van der Waals surface area contributed by atoms with Gasteiger partial charge in [0.25, 0.3) is 230 Å². The average molecular weight is 1420 g/mol. The van der Waals surface area contributed by atoms with Crippen molar-refractivity contribution in [1.82, 2.24) is 0 Å². The molecule has 0 aromatic rings. The lowest BCUT2D eigenvalue weighted by Crippen LogP contribution is -2.25. The van der Waals surface area contributed by atoms with Crippen LogP contribution >= 0.6 is 0 Å². The van der Waals surface area contributed by atoms with Gasteiger partial charge in [-0.3, -0.25) is 0 Å². The van der Waals surface area contributed by atoms with Crippen molar-refractivity contribution < 1.29 is 127 Å². The van der Waals surface area contributed by atoms with Gasteiger partial charge in [0.15, 0.2) is 9.04 Å². The molecule has 55 heteroatoms. The Morgan fingerprint density at radius 2 is 0.565 bits per heavy atom. The third kappa shape index (κ3) is 62.9. The number of carbonyl (C=O) groups is 2. The summed E-state index contributed by atoms with van der Waals surface area (Å²) >= 11 is 0. The predicted molar refractivity (Wildman–Crippen MR) is 313 cm³/mol. The van der Waals surface area contributed by atoms with Gasteiger partial charge in [-0.2, -0.15) is 0 Å². The summed E-state index contributed by atoms with van der Waals surface area (Å²) in [7, 11) is -25.5. The average Bonchev–Trinajstić information content (AvgIpc) is 3.34. The minimum atomic E-state index is -1.56. The maximum atomic E-state index is 11.3. The highest BCUT2D eigenvalue weighted by Gasteiger charge is 2.13. The van der Waals surface area contributed by atoms with Crippen molar-refractivity contribution in [2.75, 3.05) is 13.2 Å². The van der Waals surface area contributed by atoms with Gasteiger partial charge in [-0.05, 0) is 24.9 Å². The van der Waals surface area contributed by atoms with Gasteiger partial charge in [0, 0.05) is 0 Å². The Morgan fingerprint density at radius 3 is 0.783 bits per heavy atom. The van der Waals surface area contributed by atoms with E-state index in [0.717, 1.165) is 47.9 Å². The Bertz CT molecular complexity index is 1070. The Balaban J connectivity index is 3.39. The van der Waals surface area contributed by atoms with Gasteiger partial charge in [0.1, 0.15) is 10.5 Å². The van der Waals surface area contributed by atoms with Crippen LogP contribution < -0.4 is 0 Å². The Morgan fingerprint density at radius 1 is 0.348 bits per heavy atom. The van der Waals surface area contributed by atoms with Crippen LogP contribution in [0.3, 0.4) is 0 Å². The van der Waals surface area contributed by atoms with E-state index in [1.54, 1.807) is 0 Å². The Labute approximate surface area is 462 Å². The zero-order valence-corrected chi connectivity index (χ0v) is 75.0. The van der Waals surface area contributed by atoms with E-state index in [0.29, 0.717) is 12.8 Å². The van der Waals surface area contributed by atoms with E-state index in [4.69, 9.17) is 108 Å². The molecule has 0 aromatic carbocycles.